The molecule has 1 heterocycles. The van der Waals surface area contributed by atoms with Gasteiger partial charge in [-0.1, -0.05) is 34.6 Å². The summed E-state index contributed by atoms with van der Waals surface area (Å²) in [6.45, 7) is 4.49. The number of likely N-dealkylation sites (N-methyl/N-ethyl adjacent to an activating group) is 1. The van der Waals surface area contributed by atoms with E-state index in [1.807, 2.05) is 7.05 Å². The summed E-state index contributed by atoms with van der Waals surface area (Å²) in [4.78, 5) is 10.7. The summed E-state index contributed by atoms with van der Waals surface area (Å²) in [6.07, 6.45) is 3.41. The number of aromatic nitrogens is 2. The van der Waals surface area contributed by atoms with Gasteiger partial charge >= 0.3 is 0 Å². The van der Waals surface area contributed by atoms with Gasteiger partial charge in [0.15, 0.2) is 0 Å². The molecule has 1 aromatic carbocycles. The van der Waals surface area contributed by atoms with Gasteiger partial charge in [-0.15, -0.1) is 0 Å². The fourth-order valence-corrected chi connectivity index (χ4v) is 2.46. The Labute approximate surface area is 126 Å². The van der Waals surface area contributed by atoms with Crippen molar-refractivity contribution in [1.82, 2.24) is 14.9 Å². The lowest BCUT2D eigenvalue weighted by Crippen LogP contribution is -2.28. The van der Waals surface area contributed by atoms with E-state index in [9.17, 15) is 4.39 Å². The van der Waals surface area contributed by atoms with Gasteiger partial charge in [-0.3, -0.25) is 4.90 Å². The number of benzene rings is 1. The van der Waals surface area contributed by atoms with Crippen molar-refractivity contribution in [1.29, 1.82) is 0 Å². The highest BCUT2D eigenvalue weighted by Crippen LogP contribution is 2.26. The normalized spacial score (nSPS) is 12.4. The van der Waals surface area contributed by atoms with Crippen LogP contribution in [0.25, 0.3) is 0 Å². The average molecular weight is 336 g/mol. The first-order valence-corrected chi connectivity index (χ1v) is 6.93. The summed E-state index contributed by atoms with van der Waals surface area (Å²) in [5.74, 6) is 0.421. The van der Waals surface area contributed by atoms with Crippen LogP contribution < -0.4 is 0 Å². The molecule has 1 atom stereocenters. The van der Waals surface area contributed by atoms with E-state index in [-0.39, 0.29) is 11.9 Å². The van der Waals surface area contributed by atoms with Gasteiger partial charge in [0.2, 0.25) is 0 Å². The van der Waals surface area contributed by atoms with Gasteiger partial charge in [0, 0.05) is 23.4 Å². The van der Waals surface area contributed by atoms with E-state index >= 15 is 0 Å². The maximum atomic E-state index is 13.1. The average Bonchev–Trinajstić information content (AvgIpc) is 2.42. The summed E-state index contributed by atoms with van der Waals surface area (Å²) in [7, 11) is 1.96. The molecular formula is C15H15BrFN3. The minimum absolute atomic E-state index is 0.147. The van der Waals surface area contributed by atoms with Gasteiger partial charge in [0.05, 0.1) is 6.04 Å². The van der Waals surface area contributed by atoms with E-state index < -0.39 is 0 Å². The first kappa shape index (κ1) is 14.8. The molecule has 0 aliphatic rings. The van der Waals surface area contributed by atoms with Crippen molar-refractivity contribution in [3.8, 4) is 0 Å². The molecule has 0 saturated heterocycles. The van der Waals surface area contributed by atoms with Gasteiger partial charge < -0.3 is 0 Å². The molecule has 0 aliphatic heterocycles. The van der Waals surface area contributed by atoms with Crippen LogP contribution in [-0.4, -0.2) is 28.5 Å². The van der Waals surface area contributed by atoms with Crippen molar-refractivity contribution in [2.75, 3.05) is 13.6 Å². The van der Waals surface area contributed by atoms with Crippen LogP contribution in [0.4, 0.5) is 4.39 Å². The smallest absolute Gasteiger partial charge is 0.149 e. The highest BCUT2D eigenvalue weighted by molar-refractivity contribution is 9.11. The van der Waals surface area contributed by atoms with Crippen molar-refractivity contribution < 1.29 is 4.39 Å². The molecule has 2 aromatic rings. The van der Waals surface area contributed by atoms with Gasteiger partial charge in [0.25, 0.3) is 0 Å². The van der Waals surface area contributed by atoms with Crippen molar-refractivity contribution in [3.63, 3.8) is 0 Å². The second-order valence-corrected chi connectivity index (χ2v) is 5.61. The third-order valence-corrected chi connectivity index (χ3v) is 3.13. The van der Waals surface area contributed by atoms with Crippen molar-refractivity contribution >= 4 is 15.9 Å². The SMILES string of the molecule is C=C(Br)CN(C)[C@H](c1ccc(F)cc1)c1ncccn1. The summed E-state index contributed by atoms with van der Waals surface area (Å²) in [5, 5.41) is 0. The monoisotopic (exact) mass is 335 g/mol. The topological polar surface area (TPSA) is 29.0 Å². The molecule has 5 heteroatoms. The quantitative estimate of drug-likeness (QED) is 0.836. The van der Waals surface area contributed by atoms with Crippen LogP contribution in [0.15, 0.2) is 53.8 Å². The summed E-state index contributed by atoms with van der Waals surface area (Å²) < 4.78 is 14.0. The minimum Gasteiger partial charge on any atom is -0.288 e. The van der Waals surface area contributed by atoms with E-state index in [1.54, 1.807) is 30.6 Å². The van der Waals surface area contributed by atoms with Gasteiger partial charge in [-0.05, 0) is 30.8 Å². The van der Waals surface area contributed by atoms with E-state index in [0.29, 0.717) is 12.4 Å². The van der Waals surface area contributed by atoms with E-state index in [1.165, 1.54) is 12.1 Å². The van der Waals surface area contributed by atoms with Crippen molar-refractivity contribution in [2.45, 2.75) is 6.04 Å². The molecule has 0 bridgehead atoms. The predicted molar refractivity (Wildman–Crippen MR) is 81.0 cm³/mol. The number of halogens is 2. The fourth-order valence-electron chi connectivity index (χ4n) is 2.06. The van der Waals surface area contributed by atoms with E-state index in [0.717, 1.165) is 10.0 Å². The standard InChI is InChI=1S/C15H15BrFN3/c1-11(16)10-20(2)14(15-18-8-3-9-19-15)12-4-6-13(17)7-5-12/h3-9,14H,1,10H2,2H3/t14-/m1/s1. The van der Waals surface area contributed by atoms with Gasteiger partial charge in [-0.2, -0.15) is 0 Å². The Morgan fingerprint density at radius 2 is 1.90 bits per heavy atom. The molecule has 0 radical (unpaired) electrons. The lowest BCUT2D eigenvalue weighted by atomic mass is 10.0. The van der Waals surface area contributed by atoms with E-state index in [4.69, 9.17) is 0 Å². The molecular weight excluding hydrogens is 321 g/mol. The summed E-state index contributed by atoms with van der Waals surface area (Å²) in [5.41, 5.74) is 0.939. The van der Waals surface area contributed by atoms with Crippen LogP contribution in [0.1, 0.15) is 17.4 Å². The van der Waals surface area contributed by atoms with Crippen LogP contribution in [0.3, 0.4) is 0 Å². The fraction of sp³-hybridized carbons (Fsp3) is 0.200. The Kier molecular flexibility index (Phi) is 4.98. The molecule has 0 N–H and O–H groups in total. The second-order valence-electron chi connectivity index (χ2n) is 4.49. The molecule has 20 heavy (non-hydrogen) atoms. The zero-order valence-corrected chi connectivity index (χ0v) is 12.7. The first-order chi connectivity index (χ1) is 9.58. The zero-order valence-electron chi connectivity index (χ0n) is 11.1. The van der Waals surface area contributed by atoms with Crippen LogP contribution in [0, 0.1) is 5.82 Å². The lowest BCUT2D eigenvalue weighted by molar-refractivity contribution is 0.297. The number of rotatable bonds is 5. The Morgan fingerprint density at radius 1 is 1.30 bits per heavy atom. The van der Waals surface area contributed by atoms with Crippen molar-refractivity contribution in [2.24, 2.45) is 0 Å². The van der Waals surface area contributed by atoms with Gasteiger partial charge in [0.1, 0.15) is 11.6 Å². The molecule has 1 aromatic heterocycles. The number of hydrogen-bond acceptors (Lipinski definition) is 3. The lowest BCUT2D eigenvalue weighted by Gasteiger charge is -2.27. The maximum Gasteiger partial charge on any atom is 0.149 e. The third-order valence-electron chi connectivity index (χ3n) is 2.88. The Hall–Kier alpha value is -1.59. The molecule has 2 rings (SSSR count). The van der Waals surface area contributed by atoms with Crippen LogP contribution >= 0.6 is 15.9 Å². The Balaban J connectivity index is 2.38. The van der Waals surface area contributed by atoms with E-state index in [2.05, 4.69) is 37.4 Å². The summed E-state index contributed by atoms with van der Waals surface area (Å²) >= 11 is 3.36. The molecule has 0 saturated carbocycles. The first-order valence-electron chi connectivity index (χ1n) is 6.14. The third kappa shape index (κ3) is 3.71. The maximum absolute atomic E-state index is 13.1. The second kappa shape index (κ2) is 6.72. The minimum atomic E-state index is -0.256. The molecule has 104 valence electrons. The Morgan fingerprint density at radius 3 is 2.45 bits per heavy atom. The predicted octanol–water partition coefficient (Wildman–Crippen LogP) is 3.55. The molecule has 0 amide bonds. The Bertz CT molecular complexity index is 571. The van der Waals surface area contributed by atoms with Crippen molar-refractivity contribution in [3.05, 3.63) is 71.0 Å². The van der Waals surface area contributed by atoms with Gasteiger partial charge in [-0.25, -0.2) is 14.4 Å². The van der Waals surface area contributed by atoms with Crippen LogP contribution in [0.5, 0.6) is 0 Å². The molecule has 0 aliphatic carbocycles. The highest BCUT2D eigenvalue weighted by atomic mass is 79.9. The molecule has 0 spiro atoms. The summed E-state index contributed by atoms with van der Waals surface area (Å²) in [6, 6.07) is 8.03. The largest absolute Gasteiger partial charge is 0.288 e. The molecule has 0 unspecified atom stereocenters. The highest BCUT2D eigenvalue weighted by Gasteiger charge is 2.22. The van der Waals surface area contributed by atoms with Crippen LogP contribution in [-0.2, 0) is 0 Å². The molecule has 3 nitrogen and oxygen atoms in total. The number of hydrogen-bond donors (Lipinski definition) is 0. The molecule has 0 fully saturated rings. The van der Waals surface area contributed by atoms with Crippen LogP contribution in [0.2, 0.25) is 0 Å². The zero-order chi connectivity index (χ0) is 14.5. The number of nitrogens with zero attached hydrogens (tertiary/aromatic N) is 3.